The summed E-state index contributed by atoms with van der Waals surface area (Å²) < 4.78 is 5.85. The molecule has 0 aliphatic carbocycles. The lowest BCUT2D eigenvalue weighted by atomic mass is 10.2. The molecule has 2 aromatic carbocycles. The molecule has 0 unspecified atom stereocenters. The van der Waals surface area contributed by atoms with E-state index in [9.17, 15) is 9.90 Å². The molecule has 1 aromatic heterocycles. The predicted molar refractivity (Wildman–Crippen MR) is 97.2 cm³/mol. The van der Waals surface area contributed by atoms with Gasteiger partial charge in [0.1, 0.15) is 18.2 Å². The van der Waals surface area contributed by atoms with Gasteiger partial charge in [0.2, 0.25) is 5.16 Å². The molecule has 6 nitrogen and oxygen atoms in total. The van der Waals surface area contributed by atoms with Crippen LogP contribution in [-0.4, -0.2) is 21.2 Å². The van der Waals surface area contributed by atoms with E-state index in [0.717, 1.165) is 17.3 Å². The maximum Gasteiger partial charge on any atom is 0.213 e. The van der Waals surface area contributed by atoms with Crippen LogP contribution in [-0.2, 0) is 11.4 Å². The third-order valence-electron chi connectivity index (χ3n) is 3.42. The van der Waals surface area contributed by atoms with Crippen molar-refractivity contribution in [2.45, 2.75) is 18.7 Å². The standard InChI is InChI=1S/C19H17N3O3S/c1-13-20-19(22-21-13)26-17(18(23)24)11-15-9-5-6-10-16(15)25-12-14-7-3-2-4-8-14/h2-11H,12H2,1H3,(H,23,24)(H,20,21,22)/p-1/b17-11+. The average Bonchev–Trinajstić information content (AvgIpc) is 3.06. The van der Waals surface area contributed by atoms with Gasteiger partial charge in [0.05, 0.1) is 5.97 Å². The summed E-state index contributed by atoms with van der Waals surface area (Å²) in [6.45, 7) is 2.13. The van der Waals surface area contributed by atoms with Crippen LogP contribution < -0.4 is 9.84 Å². The molecule has 0 saturated carbocycles. The van der Waals surface area contributed by atoms with Crippen LogP contribution >= 0.6 is 11.8 Å². The second kappa shape index (κ2) is 8.35. The zero-order valence-corrected chi connectivity index (χ0v) is 14.8. The van der Waals surface area contributed by atoms with E-state index in [0.29, 0.717) is 28.9 Å². The molecular formula is C19H16N3O3S-. The highest BCUT2D eigenvalue weighted by atomic mass is 32.2. The van der Waals surface area contributed by atoms with Crippen LogP contribution in [0.5, 0.6) is 5.75 Å². The monoisotopic (exact) mass is 366 g/mol. The number of H-pyrrole nitrogens is 1. The Morgan fingerprint density at radius 1 is 1.19 bits per heavy atom. The number of para-hydroxylation sites is 1. The topological polar surface area (TPSA) is 90.9 Å². The number of carbonyl (C=O) groups excluding carboxylic acids is 1. The van der Waals surface area contributed by atoms with Crippen molar-refractivity contribution >= 4 is 23.8 Å². The lowest BCUT2D eigenvalue weighted by Gasteiger charge is -2.11. The largest absolute Gasteiger partial charge is 0.544 e. The second-order valence-electron chi connectivity index (χ2n) is 5.41. The average molecular weight is 366 g/mol. The summed E-state index contributed by atoms with van der Waals surface area (Å²) in [5.41, 5.74) is 1.67. The number of carboxylic acid groups (broad SMARTS) is 1. The highest BCUT2D eigenvalue weighted by Gasteiger charge is 2.09. The van der Waals surface area contributed by atoms with Crippen LogP contribution in [0.4, 0.5) is 0 Å². The number of thioether (sulfide) groups is 1. The fourth-order valence-electron chi connectivity index (χ4n) is 2.20. The molecule has 7 heteroatoms. The molecule has 132 valence electrons. The number of benzene rings is 2. The summed E-state index contributed by atoms with van der Waals surface area (Å²) in [6, 6.07) is 17.0. The number of nitrogens with one attached hydrogen (secondary N) is 1. The molecule has 0 saturated heterocycles. The summed E-state index contributed by atoms with van der Waals surface area (Å²) in [7, 11) is 0. The second-order valence-corrected chi connectivity index (χ2v) is 6.42. The third kappa shape index (κ3) is 4.73. The summed E-state index contributed by atoms with van der Waals surface area (Å²) in [5, 5.41) is 18.4. The van der Waals surface area contributed by atoms with Crippen LogP contribution in [0.25, 0.3) is 6.08 Å². The minimum atomic E-state index is -1.30. The van der Waals surface area contributed by atoms with Crippen LogP contribution in [0.2, 0.25) is 0 Å². The van der Waals surface area contributed by atoms with Crippen molar-refractivity contribution in [1.82, 2.24) is 15.2 Å². The predicted octanol–water partition coefficient (Wildman–Crippen LogP) is 2.58. The number of rotatable bonds is 7. The number of ether oxygens (including phenoxy) is 1. The Morgan fingerprint density at radius 3 is 2.62 bits per heavy atom. The third-order valence-corrected chi connectivity index (χ3v) is 4.29. The summed E-state index contributed by atoms with van der Waals surface area (Å²) in [6.07, 6.45) is 1.51. The summed E-state index contributed by atoms with van der Waals surface area (Å²) >= 11 is 0.926. The van der Waals surface area contributed by atoms with E-state index in [2.05, 4.69) is 15.2 Å². The fourth-order valence-corrected chi connectivity index (χ4v) is 2.94. The molecule has 3 rings (SSSR count). The first kappa shape index (κ1) is 17.8. The van der Waals surface area contributed by atoms with Gasteiger partial charge in [-0.2, -0.15) is 0 Å². The highest BCUT2D eigenvalue weighted by molar-refractivity contribution is 8.04. The first-order chi connectivity index (χ1) is 12.6. The van der Waals surface area contributed by atoms with Gasteiger partial charge in [-0.15, -0.1) is 5.10 Å². The smallest absolute Gasteiger partial charge is 0.213 e. The van der Waals surface area contributed by atoms with E-state index in [1.165, 1.54) is 6.08 Å². The molecule has 0 spiro atoms. The number of aliphatic carboxylic acids is 1. The molecular weight excluding hydrogens is 350 g/mol. The van der Waals surface area contributed by atoms with Crippen molar-refractivity contribution in [2.75, 3.05) is 0 Å². The number of aryl methyl sites for hydroxylation is 1. The molecule has 0 aliphatic heterocycles. The molecule has 0 aliphatic rings. The Labute approximate surface area is 154 Å². The molecule has 0 atom stereocenters. The SMILES string of the molecule is Cc1nc(S/C(=C/c2ccccc2OCc2ccccc2)C(=O)[O-])n[nH]1. The summed E-state index contributed by atoms with van der Waals surface area (Å²) in [5.74, 6) is -0.103. The maximum atomic E-state index is 11.5. The highest BCUT2D eigenvalue weighted by Crippen LogP contribution is 2.28. The lowest BCUT2D eigenvalue weighted by Crippen LogP contribution is -2.23. The van der Waals surface area contributed by atoms with Gasteiger partial charge in [-0.3, -0.25) is 5.10 Å². The number of aromatic amines is 1. The van der Waals surface area contributed by atoms with E-state index in [4.69, 9.17) is 4.74 Å². The Morgan fingerprint density at radius 2 is 1.92 bits per heavy atom. The Hall–Kier alpha value is -3.06. The van der Waals surface area contributed by atoms with Gasteiger partial charge >= 0.3 is 0 Å². The molecule has 1 N–H and O–H groups in total. The van der Waals surface area contributed by atoms with Gasteiger partial charge < -0.3 is 14.6 Å². The van der Waals surface area contributed by atoms with Crippen molar-refractivity contribution in [2.24, 2.45) is 0 Å². The zero-order valence-electron chi connectivity index (χ0n) is 14.0. The van der Waals surface area contributed by atoms with Crippen LogP contribution in [0.15, 0.2) is 64.7 Å². The van der Waals surface area contributed by atoms with E-state index in [1.54, 1.807) is 19.1 Å². The normalized spacial score (nSPS) is 11.3. The number of hydrogen-bond acceptors (Lipinski definition) is 6. The van der Waals surface area contributed by atoms with Crippen molar-refractivity contribution in [3.8, 4) is 5.75 Å². The van der Waals surface area contributed by atoms with Crippen LogP contribution in [0.1, 0.15) is 17.0 Å². The minimum Gasteiger partial charge on any atom is -0.544 e. The Balaban J connectivity index is 1.82. The number of carbonyl (C=O) groups is 1. The lowest BCUT2D eigenvalue weighted by molar-refractivity contribution is -0.297. The molecule has 3 aromatic rings. The Bertz CT molecular complexity index is 923. The minimum absolute atomic E-state index is 0.000221. The van der Waals surface area contributed by atoms with Crippen LogP contribution in [0.3, 0.4) is 0 Å². The van der Waals surface area contributed by atoms with Crippen molar-refractivity contribution in [3.63, 3.8) is 0 Å². The van der Waals surface area contributed by atoms with Crippen molar-refractivity contribution in [3.05, 3.63) is 76.5 Å². The van der Waals surface area contributed by atoms with Gasteiger partial charge in [-0.25, -0.2) is 4.98 Å². The molecule has 0 radical (unpaired) electrons. The number of carboxylic acids is 1. The molecule has 26 heavy (non-hydrogen) atoms. The van der Waals surface area contributed by atoms with E-state index in [1.807, 2.05) is 42.5 Å². The van der Waals surface area contributed by atoms with Crippen molar-refractivity contribution in [1.29, 1.82) is 0 Å². The van der Waals surface area contributed by atoms with E-state index in [-0.39, 0.29) is 4.91 Å². The van der Waals surface area contributed by atoms with Crippen LogP contribution in [0, 0.1) is 6.92 Å². The zero-order chi connectivity index (χ0) is 18.4. The molecule has 0 bridgehead atoms. The number of hydrogen-bond donors (Lipinski definition) is 1. The first-order valence-corrected chi connectivity index (χ1v) is 8.69. The number of nitrogens with zero attached hydrogens (tertiary/aromatic N) is 2. The Kier molecular flexibility index (Phi) is 5.70. The maximum absolute atomic E-state index is 11.5. The molecule has 1 heterocycles. The van der Waals surface area contributed by atoms with Gasteiger partial charge in [0.25, 0.3) is 0 Å². The van der Waals surface area contributed by atoms with Gasteiger partial charge in [-0.1, -0.05) is 48.5 Å². The first-order valence-electron chi connectivity index (χ1n) is 7.87. The quantitative estimate of drug-likeness (QED) is 0.510. The molecule has 0 fully saturated rings. The van der Waals surface area contributed by atoms with Gasteiger partial charge in [0.15, 0.2) is 0 Å². The van der Waals surface area contributed by atoms with Crippen molar-refractivity contribution < 1.29 is 14.6 Å². The summed E-state index contributed by atoms with van der Waals surface area (Å²) in [4.78, 5) is 15.6. The van der Waals surface area contributed by atoms with E-state index >= 15 is 0 Å². The van der Waals surface area contributed by atoms with Gasteiger partial charge in [0, 0.05) is 10.5 Å². The fraction of sp³-hybridized carbons (Fsp3) is 0.105. The molecule has 0 amide bonds. The number of aromatic nitrogens is 3. The van der Waals surface area contributed by atoms with E-state index < -0.39 is 5.97 Å². The van der Waals surface area contributed by atoms with Gasteiger partial charge in [-0.05, 0) is 36.4 Å².